The van der Waals surface area contributed by atoms with Crippen LogP contribution in [0, 0.1) is 17.8 Å². The van der Waals surface area contributed by atoms with Gasteiger partial charge in [-0.25, -0.2) is 0 Å². The minimum atomic E-state index is 0.826. The van der Waals surface area contributed by atoms with Gasteiger partial charge in [0.15, 0.2) is 0 Å². The fourth-order valence-electron chi connectivity index (χ4n) is 2.74. The van der Waals surface area contributed by atoms with Crippen molar-refractivity contribution >= 4 is 0 Å². The summed E-state index contributed by atoms with van der Waals surface area (Å²) in [6.45, 7) is 14.1. The summed E-state index contributed by atoms with van der Waals surface area (Å²) < 4.78 is 0. The van der Waals surface area contributed by atoms with Gasteiger partial charge < -0.3 is 0 Å². The first-order valence-corrected chi connectivity index (χ1v) is 9.19. The molecule has 120 valence electrons. The van der Waals surface area contributed by atoms with E-state index in [0.717, 1.165) is 17.8 Å². The fourth-order valence-corrected chi connectivity index (χ4v) is 2.74. The Morgan fingerprint density at radius 3 is 2.10 bits per heavy atom. The Labute approximate surface area is 129 Å². The number of rotatable bonds is 12. The highest BCUT2D eigenvalue weighted by molar-refractivity contribution is 5.02. The lowest BCUT2D eigenvalue weighted by Gasteiger charge is -2.17. The maximum atomic E-state index is 2.54. The molecule has 0 aromatic heterocycles. The van der Waals surface area contributed by atoms with Gasteiger partial charge in [-0.2, -0.15) is 0 Å². The highest BCUT2D eigenvalue weighted by atomic mass is 14.1. The smallest absolute Gasteiger partial charge is 0.0318 e. The van der Waals surface area contributed by atoms with Crippen LogP contribution in [-0.4, -0.2) is 0 Å². The average molecular weight is 281 g/mol. The molecule has 0 spiro atoms. The van der Waals surface area contributed by atoms with Gasteiger partial charge in [0.25, 0.3) is 0 Å². The standard InChI is InChI=1S/C20H40/c1-7-9-13-20(16-15-19(6)17(3)4)14-10-12-18(5)11-8-2/h13,17-19H,7-12,14-16H2,1-6H3. The van der Waals surface area contributed by atoms with Crippen molar-refractivity contribution in [2.24, 2.45) is 17.8 Å². The van der Waals surface area contributed by atoms with E-state index in [1.54, 1.807) is 5.57 Å². The molecule has 2 unspecified atom stereocenters. The Kier molecular flexibility index (Phi) is 12.3. The van der Waals surface area contributed by atoms with Crippen LogP contribution in [-0.2, 0) is 0 Å². The topological polar surface area (TPSA) is 0 Å². The van der Waals surface area contributed by atoms with Crippen molar-refractivity contribution in [2.75, 3.05) is 0 Å². The summed E-state index contributed by atoms with van der Waals surface area (Å²) in [7, 11) is 0. The van der Waals surface area contributed by atoms with Crippen LogP contribution in [0.5, 0.6) is 0 Å². The molecule has 0 heteroatoms. The lowest BCUT2D eigenvalue weighted by atomic mass is 9.89. The molecule has 0 nitrogen and oxygen atoms in total. The molecule has 0 saturated heterocycles. The number of allylic oxidation sites excluding steroid dienone is 2. The van der Waals surface area contributed by atoms with Crippen LogP contribution in [0.1, 0.15) is 99.3 Å². The second-order valence-corrected chi connectivity index (χ2v) is 7.20. The molecule has 0 aliphatic heterocycles. The summed E-state index contributed by atoms with van der Waals surface area (Å²) in [6, 6.07) is 0. The molecular formula is C20H40. The van der Waals surface area contributed by atoms with Crippen molar-refractivity contribution < 1.29 is 0 Å². The predicted octanol–water partition coefficient (Wildman–Crippen LogP) is 7.39. The van der Waals surface area contributed by atoms with Gasteiger partial charge >= 0.3 is 0 Å². The van der Waals surface area contributed by atoms with Gasteiger partial charge in [-0.15, -0.1) is 0 Å². The van der Waals surface area contributed by atoms with Crippen molar-refractivity contribution in [1.82, 2.24) is 0 Å². The van der Waals surface area contributed by atoms with Gasteiger partial charge in [0.1, 0.15) is 0 Å². The van der Waals surface area contributed by atoms with Crippen LogP contribution in [0.15, 0.2) is 11.6 Å². The Balaban J connectivity index is 4.09. The summed E-state index contributed by atoms with van der Waals surface area (Å²) in [5, 5.41) is 0. The van der Waals surface area contributed by atoms with E-state index in [1.807, 2.05) is 0 Å². The fraction of sp³-hybridized carbons (Fsp3) is 0.900. The van der Waals surface area contributed by atoms with E-state index in [9.17, 15) is 0 Å². The van der Waals surface area contributed by atoms with Gasteiger partial charge in [-0.05, 0) is 49.9 Å². The van der Waals surface area contributed by atoms with E-state index < -0.39 is 0 Å². The molecule has 0 saturated carbocycles. The van der Waals surface area contributed by atoms with Gasteiger partial charge in [0.2, 0.25) is 0 Å². The summed E-state index contributed by atoms with van der Waals surface area (Å²) in [6.07, 6.45) is 14.7. The Morgan fingerprint density at radius 2 is 1.55 bits per heavy atom. The molecule has 0 N–H and O–H groups in total. The van der Waals surface area contributed by atoms with Crippen LogP contribution in [0.3, 0.4) is 0 Å². The second-order valence-electron chi connectivity index (χ2n) is 7.20. The Hall–Kier alpha value is -0.260. The molecule has 2 atom stereocenters. The van der Waals surface area contributed by atoms with E-state index in [-0.39, 0.29) is 0 Å². The van der Waals surface area contributed by atoms with Crippen LogP contribution >= 0.6 is 0 Å². The number of unbranched alkanes of at least 4 members (excludes halogenated alkanes) is 1. The zero-order valence-electron chi connectivity index (χ0n) is 15.2. The minimum Gasteiger partial charge on any atom is -0.0853 e. The molecule has 0 heterocycles. The molecular weight excluding hydrogens is 240 g/mol. The van der Waals surface area contributed by atoms with E-state index in [4.69, 9.17) is 0 Å². The quantitative estimate of drug-likeness (QED) is 0.327. The van der Waals surface area contributed by atoms with E-state index in [0.29, 0.717) is 0 Å². The maximum absolute atomic E-state index is 2.54. The second kappa shape index (κ2) is 12.5. The monoisotopic (exact) mass is 280 g/mol. The van der Waals surface area contributed by atoms with E-state index in [2.05, 4.69) is 47.6 Å². The van der Waals surface area contributed by atoms with Gasteiger partial charge in [0.05, 0.1) is 0 Å². The van der Waals surface area contributed by atoms with Crippen molar-refractivity contribution in [3.63, 3.8) is 0 Å². The average Bonchev–Trinajstić information content (AvgIpc) is 2.40. The van der Waals surface area contributed by atoms with Gasteiger partial charge in [-0.1, -0.05) is 78.9 Å². The lowest BCUT2D eigenvalue weighted by molar-refractivity contribution is 0.389. The molecule has 20 heavy (non-hydrogen) atoms. The van der Waals surface area contributed by atoms with Crippen molar-refractivity contribution in [2.45, 2.75) is 99.3 Å². The summed E-state index contributed by atoms with van der Waals surface area (Å²) in [4.78, 5) is 0. The first-order valence-electron chi connectivity index (χ1n) is 9.19. The molecule has 0 aromatic carbocycles. The van der Waals surface area contributed by atoms with Crippen molar-refractivity contribution in [3.8, 4) is 0 Å². The third-order valence-corrected chi connectivity index (χ3v) is 4.76. The first kappa shape index (κ1) is 19.7. The Bertz CT molecular complexity index is 236. The molecule has 0 aliphatic carbocycles. The summed E-state index contributed by atoms with van der Waals surface area (Å²) in [5.74, 6) is 2.60. The summed E-state index contributed by atoms with van der Waals surface area (Å²) in [5.41, 5.74) is 1.74. The van der Waals surface area contributed by atoms with Crippen LogP contribution < -0.4 is 0 Å². The van der Waals surface area contributed by atoms with E-state index in [1.165, 1.54) is 57.8 Å². The molecule has 0 fully saturated rings. The first-order chi connectivity index (χ1) is 9.51. The molecule has 0 aliphatic rings. The molecule has 0 aromatic rings. The SMILES string of the molecule is CCCC=C(CCCC(C)CCC)CCC(C)C(C)C. The maximum Gasteiger partial charge on any atom is -0.0318 e. The van der Waals surface area contributed by atoms with Crippen molar-refractivity contribution in [3.05, 3.63) is 11.6 Å². The van der Waals surface area contributed by atoms with Crippen molar-refractivity contribution in [1.29, 1.82) is 0 Å². The predicted molar refractivity (Wildman–Crippen MR) is 94.2 cm³/mol. The summed E-state index contributed by atoms with van der Waals surface area (Å²) >= 11 is 0. The third kappa shape index (κ3) is 10.5. The molecule has 0 rings (SSSR count). The normalized spacial score (nSPS) is 15.7. The molecule has 0 radical (unpaired) electrons. The molecule has 0 bridgehead atoms. The number of hydrogen-bond acceptors (Lipinski definition) is 0. The number of hydrogen-bond donors (Lipinski definition) is 0. The van der Waals surface area contributed by atoms with Crippen LogP contribution in [0.4, 0.5) is 0 Å². The third-order valence-electron chi connectivity index (χ3n) is 4.76. The minimum absolute atomic E-state index is 0.826. The zero-order valence-corrected chi connectivity index (χ0v) is 15.2. The van der Waals surface area contributed by atoms with Gasteiger partial charge in [-0.3, -0.25) is 0 Å². The van der Waals surface area contributed by atoms with Gasteiger partial charge in [0, 0.05) is 0 Å². The van der Waals surface area contributed by atoms with Crippen LogP contribution in [0.25, 0.3) is 0 Å². The Morgan fingerprint density at radius 1 is 0.850 bits per heavy atom. The van der Waals surface area contributed by atoms with Crippen LogP contribution in [0.2, 0.25) is 0 Å². The lowest BCUT2D eigenvalue weighted by Crippen LogP contribution is -2.04. The highest BCUT2D eigenvalue weighted by Crippen LogP contribution is 2.24. The largest absolute Gasteiger partial charge is 0.0853 e. The molecule has 0 amide bonds. The highest BCUT2D eigenvalue weighted by Gasteiger charge is 2.09. The zero-order chi connectivity index (χ0) is 15.4. The van der Waals surface area contributed by atoms with E-state index >= 15 is 0 Å².